The van der Waals surface area contributed by atoms with E-state index in [2.05, 4.69) is 5.32 Å². The number of nitrogens with one attached hydrogen (secondary N) is 1. The van der Waals surface area contributed by atoms with Crippen molar-refractivity contribution >= 4 is 21.7 Å². The maximum absolute atomic E-state index is 12.5. The van der Waals surface area contributed by atoms with Gasteiger partial charge in [0.25, 0.3) is 0 Å². The average Bonchev–Trinajstić information content (AvgIpc) is 2.37. The summed E-state index contributed by atoms with van der Waals surface area (Å²) in [4.78, 5) is 26.2. The van der Waals surface area contributed by atoms with Crippen LogP contribution in [0, 0.1) is 5.41 Å². The molecule has 0 aromatic carbocycles. The fourth-order valence-corrected chi connectivity index (χ4v) is 3.30. The number of hydrogen-bond donors (Lipinski definition) is 1. The number of piperazine rings is 1. The average molecular weight is 318 g/mol. The van der Waals surface area contributed by atoms with Crippen LogP contribution in [0.3, 0.4) is 0 Å². The Bertz CT molecular complexity index is 508. The zero-order valence-corrected chi connectivity index (χ0v) is 14.3. The Morgan fingerprint density at radius 3 is 2.19 bits per heavy atom. The van der Waals surface area contributed by atoms with Crippen molar-refractivity contribution in [2.45, 2.75) is 53.1 Å². The van der Waals surface area contributed by atoms with Crippen molar-refractivity contribution in [3.05, 3.63) is 0 Å². The highest BCUT2D eigenvalue weighted by Gasteiger charge is 2.45. The van der Waals surface area contributed by atoms with E-state index in [4.69, 9.17) is 0 Å². The molecule has 7 heteroatoms. The van der Waals surface area contributed by atoms with Gasteiger partial charge in [-0.15, -0.1) is 0 Å². The molecule has 1 aliphatic rings. The fourth-order valence-electron chi connectivity index (χ4n) is 2.54. The number of nitrogens with zero attached hydrogens (tertiary/aromatic N) is 1. The summed E-state index contributed by atoms with van der Waals surface area (Å²) in [6.07, 6.45) is 0.498. The van der Waals surface area contributed by atoms with E-state index in [1.165, 1.54) is 4.90 Å². The smallest absolute Gasteiger partial charge is 0.245 e. The van der Waals surface area contributed by atoms with E-state index in [-0.39, 0.29) is 29.9 Å². The van der Waals surface area contributed by atoms with E-state index >= 15 is 0 Å². The van der Waals surface area contributed by atoms with Gasteiger partial charge < -0.3 is 10.2 Å². The van der Waals surface area contributed by atoms with Gasteiger partial charge in [-0.05, 0) is 11.8 Å². The van der Waals surface area contributed by atoms with Gasteiger partial charge in [-0.3, -0.25) is 9.59 Å². The van der Waals surface area contributed by atoms with Gasteiger partial charge in [-0.25, -0.2) is 8.42 Å². The highest BCUT2D eigenvalue weighted by atomic mass is 32.2. The van der Waals surface area contributed by atoms with Crippen LogP contribution in [-0.4, -0.2) is 55.3 Å². The first-order chi connectivity index (χ1) is 9.53. The summed E-state index contributed by atoms with van der Waals surface area (Å²) >= 11 is 0. The van der Waals surface area contributed by atoms with Crippen molar-refractivity contribution in [1.82, 2.24) is 10.2 Å². The molecule has 0 bridgehead atoms. The Labute approximate surface area is 127 Å². The van der Waals surface area contributed by atoms with Crippen LogP contribution in [0.5, 0.6) is 0 Å². The van der Waals surface area contributed by atoms with Crippen molar-refractivity contribution < 1.29 is 18.0 Å². The molecule has 0 aromatic heterocycles. The molecule has 0 spiro atoms. The van der Waals surface area contributed by atoms with E-state index in [9.17, 15) is 18.0 Å². The summed E-state index contributed by atoms with van der Waals surface area (Å²) in [6.45, 7) is 9.09. The van der Waals surface area contributed by atoms with Gasteiger partial charge in [0.05, 0.1) is 5.75 Å². The summed E-state index contributed by atoms with van der Waals surface area (Å²) in [6, 6.07) is -1.19. The zero-order valence-electron chi connectivity index (χ0n) is 13.5. The van der Waals surface area contributed by atoms with Gasteiger partial charge in [-0.1, -0.05) is 34.6 Å². The predicted octanol–water partition coefficient (Wildman–Crippen LogP) is 0.573. The first-order valence-electron chi connectivity index (χ1n) is 7.34. The molecule has 122 valence electrons. The Morgan fingerprint density at radius 1 is 1.19 bits per heavy atom. The molecule has 2 atom stereocenters. The first kappa shape index (κ1) is 17.9. The minimum Gasteiger partial charge on any atom is -0.342 e. The van der Waals surface area contributed by atoms with Crippen LogP contribution in [0.4, 0.5) is 0 Å². The molecule has 0 saturated carbocycles. The maximum atomic E-state index is 12.5. The second kappa shape index (κ2) is 6.34. The van der Waals surface area contributed by atoms with E-state index < -0.39 is 27.3 Å². The number of carbonyl (C=O) groups excluding carboxylic acids is 2. The van der Waals surface area contributed by atoms with Gasteiger partial charge in [-0.2, -0.15) is 0 Å². The standard InChI is InChI=1S/C14H26N2O4S/c1-6-10-13(18)16(8-9-21(19,20)7-2)11(12(17)15-10)14(3,4)5/h10-11H,6-9H2,1-5H3,(H,15,17). The Balaban J connectivity index is 3.05. The molecular formula is C14H26N2O4S. The molecule has 1 saturated heterocycles. The minimum atomic E-state index is -3.18. The Kier molecular flexibility index (Phi) is 5.41. The lowest BCUT2D eigenvalue weighted by Gasteiger charge is -2.44. The van der Waals surface area contributed by atoms with E-state index in [1.807, 2.05) is 27.7 Å². The van der Waals surface area contributed by atoms with Crippen LogP contribution in [-0.2, 0) is 19.4 Å². The highest BCUT2D eigenvalue weighted by Crippen LogP contribution is 2.28. The summed E-state index contributed by atoms with van der Waals surface area (Å²) in [5.74, 6) is -0.462. The molecule has 1 heterocycles. The van der Waals surface area contributed by atoms with Crippen LogP contribution >= 0.6 is 0 Å². The molecule has 0 radical (unpaired) electrons. The zero-order chi connectivity index (χ0) is 16.4. The van der Waals surface area contributed by atoms with Gasteiger partial charge in [0, 0.05) is 12.3 Å². The monoisotopic (exact) mass is 318 g/mol. The van der Waals surface area contributed by atoms with Crippen molar-refractivity contribution in [2.75, 3.05) is 18.1 Å². The van der Waals surface area contributed by atoms with Crippen LogP contribution < -0.4 is 5.32 Å². The third-order valence-corrected chi connectivity index (χ3v) is 5.45. The predicted molar refractivity (Wildman–Crippen MR) is 81.5 cm³/mol. The summed E-state index contributed by atoms with van der Waals surface area (Å²) in [7, 11) is -3.18. The number of rotatable bonds is 5. The van der Waals surface area contributed by atoms with E-state index in [0.29, 0.717) is 6.42 Å². The summed E-state index contributed by atoms with van der Waals surface area (Å²) in [5, 5.41) is 2.73. The second-order valence-corrected chi connectivity index (χ2v) is 8.98. The molecular weight excluding hydrogens is 292 g/mol. The molecule has 6 nitrogen and oxygen atoms in total. The van der Waals surface area contributed by atoms with Crippen molar-refractivity contribution in [2.24, 2.45) is 5.41 Å². The van der Waals surface area contributed by atoms with Crippen molar-refractivity contribution in [3.8, 4) is 0 Å². The largest absolute Gasteiger partial charge is 0.342 e. The number of hydrogen-bond acceptors (Lipinski definition) is 4. The summed E-state index contributed by atoms with van der Waals surface area (Å²) < 4.78 is 23.4. The van der Waals surface area contributed by atoms with Gasteiger partial charge >= 0.3 is 0 Å². The molecule has 0 aromatic rings. The molecule has 2 unspecified atom stereocenters. The van der Waals surface area contributed by atoms with Gasteiger partial charge in [0.15, 0.2) is 9.84 Å². The molecule has 1 aliphatic heterocycles. The third-order valence-electron chi connectivity index (χ3n) is 3.77. The topological polar surface area (TPSA) is 83.6 Å². The first-order valence-corrected chi connectivity index (χ1v) is 9.17. The Morgan fingerprint density at radius 2 is 1.76 bits per heavy atom. The van der Waals surface area contributed by atoms with Gasteiger partial charge in [0.1, 0.15) is 12.1 Å². The molecule has 21 heavy (non-hydrogen) atoms. The lowest BCUT2D eigenvalue weighted by atomic mass is 9.83. The molecule has 0 aliphatic carbocycles. The fraction of sp³-hybridized carbons (Fsp3) is 0.857. The maximum Gasteiger partial charge on any atom is 0.245 e. The normalized spacial score (nSPS) is 24.1. The molecule has 2 amide bonds. The minimum absolute atomic E-state index is 0.0403. The SMILES string of the molecule is CCC1NC(=O)C(C(C)(C)C)N(CCS(=O)(=O)CC)C1=O. The van der Waals surface area contributed by atoms with E-state index in [0.717, 1.165) is 0 Å². The van der Waals surface area contributed by atoms with Crippen LogP contribution in [0.1, 0.15) is 41.0 Å². The van der Waals surface area contributed by atoms with Crippen LogP contribution in [0.25, 0.3) is 0 Å². The number of sulfone groups is 1. The van der Waals surface area contributed by atoms with Crippen LogP contribution in [0.15, 0.2) is 0 Å². The quantitative estimate of drug-likeness (QED) is 0.803. The lowest BCUT2D eigenvalue weighted by molar-refractivity contribution is -0.153. The highest BCUT2D eigenvalue weighted by molar-refractivity contribution is 7.91. The molecule has 1 fully saturated rings. The van der Waals surface area contributed by atoms with Crippen LogP contribution in [0.2, 0.25) is 0 Å². The number of carbonyl (C=O) groups is 2. The molecule has 1 rings (SSSR count). The van der Waals surface area contributed by atoms with Gasteiger partial charge in [0.2, 0.25) is 11.8 Å². The Hall–Kier alpha value is -1.11. The second-order valence-electron chi connectivity index (χ2n) is 6.51. The van der Waals surface area contributed by atoms with Crippen molar-refractivity contribution in [1.29, 1.82) is 0 Å². The van der Waals surface area contributed by atoms with Crippen molar-refractivity contribution in [3.63, 3.8) is 0 Å². The number of amides is 2. The van der Waals surface area contributed by atoms with E-state index in [1.54, 1.807) is 6.92 Å². The third kappa shape index (κ3) is 4.18. The molecule has 1 N–H and O–H groups in total. The summed E-state index contributed by atoms with van der Waals surface area (Å²) in [5.41, 5.74) is -0.450. The lowest BCUT2D eigenvalue weighted by Crippen LogP contribution is -2.67.